The van der Waals surface area contributed by atoms with E-state index in [1.807, 2.05) is 6.92 Å². The van der Waals surface area contributed by atoms with E-state index in [1.54, 1.807) is 6.07 Å². The van der Waals surface area contributed by atoms with Crippen LogP contribution in [-0.4, -0.2) is 23.2 Å². The van der Waals surface area contributed by atoms with Crippen molar-refractivity contribution in [3.05, 3.63) is 23.5 Å². The van der Waals surface area contributed by atoms with Crippen LogP contribution in [0.4, 0.5) is 0 Å². The average molecular weight is 181 g/mol. The lowest BCUT2D eigenvalue weighted by Crippen LogP contribution is -2.03. The Balaban J connectivity index is 3.01. The summed E-state index contributed by atoms with van der Waals surface area (Å²) >= 11 is 0. The van der Waals surface area contributed by atoms with Gasteiger partial charge in [0.2, 0.25) is 0 Å². The van der Waals surface area contributed by atoms with Gasteiger partial charge in [0.1, 0.15) is 5.75 Å². The fourth-order valence-corrected chi connectivity index (χ4v) is 1.09. The zero-order chi connectivity index (χ0) is 9.84. The highest BCUT2D eigenvalue weighted by molar-refractivity contribution is 5.71. The lowest BCUT2D eigenvalue weighted by molar-refractivity contribution is -0.136. The molecule has 1 aromatic heterocycles. The van der Waals surface area contributed by atoms with E-state index >= 15 is 0 Å². The van der Waals surface area contributed by atoms with Crippen LogP contribution in [0.25, 0.3) is 0 Å². The van der Waals surface area contributed by atoms with Crippen molar-refractivity contribution in [1.82, 2.24) is 4.98 Å². The van der Waals surface area contributed by atoms with Gasteiger partial charge >= 0.3 is 5.97 Å². The number of aryl methyl sites for hydroxylation is 1. The van der Waals surface area contributed by atoms with Crippen molar-refractivity contribution in [2.45, 2.75) is 13.3 Å². The number of methoxy groups -OCH3 is 1. The number of aliphatic carboxylic acids is 1. The summed E-state index contributed by atoms with van der Waals surface area (Å²) in [6, 6.07) is 1.72. The Kier molecular flexibility index (Phi) is 2.84. The van der Waals surface area contributed by atoms with Crippen molar-refractivity contribution in [2.24, 2.45) is 0 Å². The average Bonchev–Trinajstić information content (AvgIpc) is 2.03. The van der Waals surface area contributed by atoms with Gasteiger partial charge in [0.05, 0.1) is 19.7 Å². The van der Waals surface area contributed by atoms with Gasteiger partial charge in [-0.25, -0.2) is 0 Å². The van der Waals surface area contributed by atoms with E-state index in [2.05, 4.69) is 4.98 Å². The molecule has 4 heteroatoms. The molecule has 1 rings (SSSR count). The van der Waals surface area contributed by atoms with E-state index in [1.165, 1.54) is 13.3 Å². The Hall–Kier alpha value is -1.58. The molecule has 4 nitrogen and oxygen atoms in total. The molecule has 0 fully saturated rings. The van der Waals surface area contributed by atoms with Crippen LogP contribution >= 0.6 is 0 Å². The van der Waals surface area contributed by atoms with Crippen LogP contribution in [0.2, 0.25) is 0 Å². The van der Waals surface area contributed by atoms with E-state index in [0.717, 1.165) is 5.69 Å². The highest BCUT2D eigenvalue weighted by atomic mass is 16.5. The molecule has 0 aliphatic carbocycles. The van der Waals surface area contributed by atoms with Gasteiger partial charge < -0.3 is 9.84 Å². The molecular weight excluding hydrogens is 170 g/mol. The van der Waals surface area contributed by atoms with Crippen molar-refractivity contribution in [2.75, 3.05) is 7.11 Å². The van der Waals surface area contributed by atoms with Gasteiger partial charge in [0.25, 0.3) is 0 Å². The highest BCUT2D eigenvalue weighted by Gasteiger charge is 2.07. The molecule has 0 radical (unpaired) electrons. The van der Waals surface area contributed by atoms with Gasteiger partial charge in [-0.1, -0.05) is 0 Å². The number of nitrogens with zero attached hydrogens (tertiary/aromatic N) is 1. The van der Waals surface area contributed by atoms with Crippen molar-refractivity contribution in [1.29, 1.82) is 0 Å². The number of carboxylic acids is 1. The summed E-state index contributed by atoms with van der Waals surface area (Å²) in [4.78, 5) is 14.5. The fourth-order valence-electron chi connectivity index (χ4n) is 1.09. The fraction of sp³-hybridized carbons (Fsp3) is 0.333. The Morgan fingerprint density at radius 1 is 1.69 bits per heavy atom. The minimum absolute atomic E-state index is 0.0352. The molecule has 0 aliphatic heterocycles. The Morgan fingerprint density at radius 3 is 2.92 bits per heavy atom. The quantitative estimate of drug-likeness (QED) is 0.756. The van der Waals surface area contributed by atoms with Crippen LogP contribution in [0.1, 0.15) is 11.3 Å². The Labute approximate surface area is 76.2 Å². The van der Waals surface area contributed by atoms with Crippen LogP contribution < -0.4 is 4.74 Å². The van der Waals surface area contributed by atoms with Crippen LogP contribution in [0.5, 0.6) is 5.75 Å². The molecule has 1 N–H and O–H groups in total. The molecular formula is C9H11NO3. The normalized spacial score (nSPS) is 9.69. The number of pyridine rings is 1. The third-order valence-corrected chi connectivity index (χ3v) is 1.65. The highest BCUT2D eigenvalue weighted by Crippen LogP contribution is 2.17. The molecule has 0 aliphatic rings. The molecule has 0 saturated heterocycles. The number of carbonyl (C=O) groups is 1. The maximum Gasteiger partial charge on any atom is 0.307 e. The van der Waals surface area contributed by atoms with E-state index < -0.39 is 5.97 Å². The minimum atomic E-state index is -0.871. The zero-order valence-electron chi connectivity index (χ0n) is 7.57. The predicted octanol–water partition coefficient (Wildman–Crippen LogP) is 1.03. The monoisotopic (exact) mass is 181 g/mol. The molecule has 0 saturated carbocycles. The maximum atomic E-state index is 10.5. The Morgan fingerprint density at radius 2 is 2.38 bits per heavy atom. The second-order valence-electron chi connectivity index (χ2n) is 2.71. The number of ether oxygens (including phenoxy) is 1. The van der Waals surface area contributed by atoms with Gasteiger partial charge in [-0.05, 0) is 13.0 Å². The molecule has 1 heterocycles. The SMILES string of the molecule is COc1cnc(C)cc1CC(=O)O. The van der Waals surface area contributed by atoms with Crippen LogP contribution in [0.15, 0.2) is 12.3 Å². The summed E-state index contributed by atoms with van der Waals surface area (Å²) in [5.41, 5.74) is 1.44. The van der Waals surface area contributed by atoms with Crippen LogP contribution in [0, 0.1) is 6.92 Å². The van der Waals surface area contributed by atoms with Gasteiger partial charge in [0.15, 0.2) is 0 Å². The maximum absolute atomic E-state index is 10.5. The minimum Gasteiger partial charge on any atom is -0.495 e. The first kappa shape index (κ1) is 9.51. The Bertz CT molecular complexity index is 323. The van der Waals surface area contributed by atoms with E-state index in [4.69, 9.17) is 9.84 Å². The lowest BCUT2D eigenvalue weighted by atomic mass is 10.1. The van der Waals surface area contributed by atoms with Gasteiger partial charge in [0, 0.05) is 11.3 Å². The molecule has 0 bridgehead atoms. The van der Waals surface area contributed by atoms with Crippen LogP contribution in [-0.2, 0) is 11.2 Å². The van der Waals surface area contributed by atoms with Crippen molar-refractivity contribution < 1.29 is 14.6 Å². The summed E-state index contributed by atoms with van der Waals surface area (Å²) in [5.74, 6) is -0.350. The second kappa shape index (κ2) is 3.89. The molecule has 70 valence electrons. The van der Waals surface area contributed by atoms with E-state index in [9.17, 15) is 4.79 Å². The first-order chi connectivity index (χ1) is 6.13. The summed E-state index contributed by atoms with van der Waals surface area (Å²) in [6.45, 7) is 1.81. The number of hydrogen-bond acceptors (Lipinski definition) is 3. The summed E-state index contributed by atoms with van der Waals surface area (Å²) in [5, 5.41) is 8.60. The second-order valence-corrected chi connectivity index (χ2v) is 2.71. The third kappa shape index (κ3) is 2.43. The van der Waals surface area contributed by atoms with E-state index in [0.29, 0.717) is 11.3 Å². The van der Waals surface area contributed by atoms with Gasteiger partial charge in [-0.3, -0.25) is 9.78 Å². The number of carboxylic acid groups (broad SMARTS) is 1. The first-order valence-electron chi connectivity index (χ1n) is 3.85. The standard InChI is InChI=1S/C9H11NO3/c1-6-3-7(4-9(11)12)8(13-2)5-10-6/h3,5H,4H2,1-2H3,(H,11,12). The zero-order valence-corrected chi connectivity index (χ0v) is 7.57. The molecule has 13 heavy (non-hydrogen) atoms. The molecule has 0 unspecified atom stereocenters. The van der Waals surface area contributed by atoms with Crippen molar-refractivity contribution in [3.63, 3.8) is 0 Å². The number of hydrogen-bond donors (Lipinski definition) is 1. The lowest BCUT2D eigenvalue weighted by Gasteiger charge is -2.05. The number of rotatable bonds is 3. The summed E-state index contributed by atoms with van der Waals surface area (Å²) < 4.78 is 4.98. The smallest absolute Gasteiger partial charge is 0.307 e. The third-order valence-electron chi connectivity index (χ3n) is 1.65. The van der Waals surface area contributed by atoms with Gasteiger partial charge in [-0.2, -0.15) is 0 Å². The summed E-state index contributed by atoms with van der Waals surface area (Å²) in [7, 11) is 1.50. The molecule has 1 aromatic rings. The first-order valence-corrected chi connectivity index (χ1v) is 3.85. The number of aromatic nitrogens is 1. The van der Waals surface area contributed by atoms with Crippen LogP contribution in [0.3, 0.4) is 0 Å². The molecule has 0 atom stereocenters. The van der Waals surface area contributed by atoms with Gasteiger partial charge in [-0.15, -0.1) is 0 Å². The van der Waals surface area contributed by atoms with Crippen molar-refractivity contribution >= 4 is 5.97 Å². The molecule has 0 aromatic carbocycles. The van der Waals surface area contributed by atoms with Crippen molar-refractivity contribution in [3.8, 4) is 5.75 Å². The van der Waals surface area contributed by atoms with E-state index in [-0.39, 0.29) is 6.42 Å². The topological polar surface area (TPSA) is 59.4 Å². The summed E-state index contributed by atoms with van der Waals surface area (Å²) in [6.07, 6.45) is 1.50. The largest absolute Gasteiger partial charge is 0.495 e. The molecule has 0 spiro atoms. The molecule has 0 amide bonds. The predicted molar refractivity (Wildman–Crippen MR) is 46.9 cm³/mol.